The van der Waals surface area contributed by atoms with E-state index in [0.29, 0.717) is 12.1 Å². The third kappa shape index (κ3) is 3.85. The first-order valence-electron chi connectivity index (χ1n) is 6.77. The van der Waals surface area contributed by atoms with Crippen LogP contribution in [0.3, 0.4) is 0 Å². The largest absolute Gasteiger partial charge is 0.351 e. The topological polar surface area (TPSA) is 65.7 Å². The molecule has 98 valence electrons. The maximum absolute atomic E-state index is 5.55. The van der Waals surface area contributed by atoms with Crippen molar-refractivity contribution in [3.05, 3.63) is 0 Å². The molecule has 1 aliphatic carbocycles. The van der Waals surface area contributed by atoms with Crippen molar-refractivity contribution < 1.29 is 0 Å². The van der Waals surface area contributed by atoms with E-state index in [-0.39, 0.29) is 0 Å². The van der Waals surface area contributed by atoms with Gasteiger partial charge in [0.05, 0.1) is 6.04 Å². The van der Waals surface area contributed by atoms with Gasteiger partial charge >= 0.3 is 0 Å². The lowest BCUT2D eigenvalue weighted by molar-refractivity contribution is 0.240. The van der Waals surface area contributed by atoms with Gasteiger partial charge in [-0.2, -0.15) is 0 Å². The number of nitrogens with one attached hydrogen (secondary N) is 2. The van der Waals surface area contributed by atoms with Gasteiger partial charge in [-0.15, -0.1) is 0 Å². The zero-order valence-corrected chi connectivity index (χ0v) is 10.8. The number of hydrazine groups is 1. The van der Waals surface area contributed by atoms with Crippen molar-refractivity contribution >= 4 is 5.96 Å². The predicted molar refractivity (Wildman–Crippen MR) is 70.7 cm³/mol. The summed E-state index contributed by atoms with van der Waals surface area (Å²) >= 11 is 0. The lowest BCUT2D eigenvalue weighted by Gasteiger charge is -2.31. The van der Waals surface area contributed by atoms with E-state index in [2.05, 4.69) is 27.7 Å². The predicted octanol–water partition coefficient (Wildman–Crippen LogP) is 0.432. The number of rotatable bonds is 2. The van der Waals surface area contributed by atoms with Gasteiger partial charge < -0.3 is 10.2 Å². The van der Waals surface area contributed by atoms with E-state index in [1.165, 1.54) is 45.1 Å². The molecule has 1 heterocycles. The zero-order chi connectivity index (χ0) is 12.1. The molecule has 5 heteroatoms. The smallest absolute Gasteiger partial charge is 0.206 e. The summed E-state index contributed by atoms with van der Waals surface area (Å²) in [4.78, 5) is 7.02. The van der Waals surface area contributed by atoms with E-state index >= 15 is 0 Å². The summed E-state index contributed by atoms with van der Waals surface area (Å²) in [5.74, 6) is 6.32. The Balaban J connectivity index is 1.85. The van der Waals surface area contributed by atoms with Gasteiger partial charge in [0.2, 0.25) is 5.96 Å². The summed E-state index contributed by atoms with van der Waals surface area (Å²) < 4.78 is 0. The molecule has 2 rings (SSSR count). The van der Waals surface area contributed by atoms with E-state index < -0.39 is 0 Å². The number of hydrogen-bond acceptors (Lipinski definition) is 3. The summed E-state index contributed by atoms with van der Waals surface area (Å²) in [6.45, 7) is 2.27. The fourth-order valence-corrected chi connectivity index (χ4v) is 2.81. The van der Waals surface area contributed by atoms with Gasteiger partial charge in [0.1, 0.15) is 0 Å². The highest BCUT2D eigenvalue weighted by molar-refractivity contribution is 5.79. The summed E-state index contributed by atoms with van der Waals surface area (Å²) in [5.41, 5.74) is 2.71. The van der Waals surface area contributed by atoms with Gasteiger partial charge in [0.25, 0.3) is 0 Å². The number of nitrogens with zero attached hydrogens (tertiary/aromatic N) is 2. The Morgan fingerprint density at radius 1 is 1.24 bits per heavy atom. The third-order valence-electron chi connectivity index (χ3n) is 3.74. The lowest BCUT2D eigenvalue weighted by Crippen LogP contribution is -2.52. The number of nitrogens with two attached hydrogens (primary N) is 1. The molecular weight excluding hydrogens is 214 g/mol. The Morgan fingerprint density at radius 2 is 2.00 bits per heavy atom. The molecule has 0 bridgehead atoms. The SMILES string of the molecule is CN1CCCC(NC(=NC2CCCC2)NN)C1. The molecule has 0 aromatic rings. The van der Waals surface area contributed by atoms with Crippen LogP contribution in [-0.4, -0.2) is 43.1 Å². The number of likely N-dealkylation sites (tertiary alicyclic amines) is 1. The second-order valence-corrected chi connectivity index (χ2v) is 5.31. The van der Waals surface area contributed by atoms with Crippen LogP contribution in [0.2, 0.25) is 0 Å². The first-order chi connectivity index (χ1) is 8.28. The van der Waals surface area contributed by atoms with Crippen LogP contribution in [0.4, 0.5) is 0 Å². The highest BCUT2D eigenvalue weighted by Gasteiger charge is 2.19. The maximum Gasteiger partial charge on any atom is 0.206 e. The summed E-state index contributed by atoms with van der Waals surface area (Å²) in [7, 11) is 2.16. The summed E-state index contributed by atoms with van der Waals surface area (Å²) in [5, 5.41) is 3.44. The second kappa shape index (κ2) is 6.21. The molecule has 1 unspecified atom stereocenters. The normalized spacial score (nSPS) is 28.4. The lowest BCUT2D eigenvalue weighted by atomic mass is 10.1. The molecule has 1 saturated carbocycles. The quantitative estimate of drug-likeness (QED) is 0.283. The Bertz CT molecular complexity index is 260. The van der Waals surface area contributed by atoms with E-state index in [0.717, 1.165) is 12.5 Å². The van der Waals surface area contributed by atoms with Crippen LogP contribution >= 0.6 is 0 Å². The molecule has 0 spiro atoms. The molecule has 5 nitrogen and oxygen atoms in total. The van der Waals surface area contributed by atoms with Crippen LogP contribution in [0, 0.1) is 0 Å². The fourth-order valence-electron chi connectivity index (χ4n) is 2.81. The molecule has 2 fully saturated rings. The van der Waals surface area contributed by atoms with E-state index in [1.807, 2.05) is 0 Å². The maximum atomic E-state index is 5.55. The molecule has 0 amide bonds. The van der Waals surface area contributed by atoms with E-state index in [4.69, 9.17) is 5.84 Å². The highest BCUT2D eigenvalue weighted by Crippen LogP contribution is 2.20. The zero-order valence-electron chi connectivity index (χ0n) is 10.8. The summed E-state index contributed by atoms with van der Waals surface area (Å²) in [6, 6.07) is 0.944. The standard InChI is InChI=1S/C12H25N5/c1-17-8-4-7-11(9-17)15-12(16-13)14-10-5-2-3-6-10/h10-11H,2-9,13H2,1H3,(H2,14,15,16). The number of hydrogen-bond donors (Lipinski definition) is 3. The molecular formula is C12H25N5. The Labute approximate surface area is 104 Å². The van der Waals surface area contributed by atoms with Crippen LogP contribution in [0.1, 0.15) is 38.5 Å². The van der Waals surface area contributed by atoms with Gasteiger partial charge in [0.15, 0.2) is 0 Å². The van der Waals surface area contributed by atoms with Gasteiger partial charge in [-0.25, -0.2) is 10.8 Å². The van der Waals surface area contributed by atoms with E-state index in [1.54, 1.807) is 0 Å². The summed E-state index contributed by atoms with van der Waals surface area (Å²) in [6.07, 6.45) is 7.47. The van der Waals surface area contributed by atoms with Crippen LogP contribution in [0.15, 0.2) is 4.99 Å². The third-order valence-corrected chi connectivity index (χ3v) is 3.74. The van der Waals surface area contributed by atoms with E-state index in [9.17, 15) is 0 Å². The molecule has 0 aromatic heterocycles. The van der Waals surface area contributed by atoms with Gasteiger partial charge in [-0.3, -0.25) is 5.43 Å². The van der Waals surface area contributed by atoms with Crippen molar-refractivity contribution in [2.75, 3.05) is 20.1 Å². The average molecular weight is 239 g/mol. The number of guanidine groups is 1. The van der Waals surface area contributed by atoms with Crippen LogP contribution in [0.25, 0.3) is 0 Å². The number of aliphatic imine (C=N–C) groups is 1. The Kier molecular flexibility index (Phi) is 4.62. The van der Waals surface area contributed by atoms with Crippen LogP contribution < -0.4 is 16.6 Å². The van der Waals surface area contributed by atoms with Crippen molar-refractivity contribution in [3.63, 3.8) is 0 Å². The second-order valence-electron chi connectivity index (χ2n) is 5.31. The number of likely N-dealkylation sites (N-methyl/N-ethyl adjacent to an activating group) is 1. The van der Waals surface area contributed by atoms with Crippen LogP contribution in [0.5, 0.6) is 0 Å². The minimum atomic E-state index is 0.467. The minimum absolute atomic E-state index is 0.467. The monoisotopic (exact) mass is 239 g/mol. The molecule has 1 aliphatic heterocycles. The Hall–Kier alpha value is -0.810. The molecule has 17 heavy (non-hydrogen) atoms. The molecule has 4 N–H and O–H groups in total. The van der Waals surface area contributed by atoms with Crippen molar-refractivity contribution in [3.8, 4) is 0 Å². The molecule has 0 aromatic carbocycles. The fraction of sp³-hybridized carbons (Fsp3) is 0.917. The molecule has 1 atom stereocenters. The highest BCUT2D eigenvalue weighted by atomic mass is 15.3. The van der Waals surface area contributed by atoms with Gasteiger partial charge in [-0.1, -0.05) is 12.8 Å². The van der Waals surface area contributed by atoms with Gasteiger partial charge in [-0.05, 0) is 39.3 Å². The van der Waals surface area contributed by atoms with Crippen LogP contribution in [-0.2, 0) is 0 Å². The molecule has 1 saturated heterocycles. The first-order valence-corrected chi connectivity index (χ1v) is 6.77. The van der Waals surface area contributed by atoms with Crippen molar-refractivity contribution in [1.29, 1.82) is 0 Å². The molecule has 2 aliphatic rings. The Morgan fingerprint density at radius 3 is 2.65 bits per heavy atom. The number of piperidine rings is 1. The first kappa shape index (κ1) is 12.6. The van der Waals surface area contributed by atoms with Gasteiger partial charge in [0, 0.05) is 12.6 Å². The minimum Gasteiger partial charge on any atom is -0.351 e. The van der Waals surface area contributed by atoms with Crippen molar-refractivity contribution in [1.82, 2.24) is 15.6 Å². The van der Waals surface area contributed by atoms with Crippen molar-refractivity contribution in [2.24, 2.45) is 10.8 Å². The average Bonchev–Trinajstić information content (AvgIpc) is 2.81. The van der Waals surface area contributed by atoms with Crippen molar-refractivity contribution in [2.45, 2.75) is 50.6 Å². The molecule has 0 radical (unpaired) electrons.